The maximum atomic E-state index is 13.2. The fraction of sp³-hybridized carbons (Fsp3) is 0.500. The zero-order valence-corrected chi connectivity index (χ0v) is 12.0. The van der Waals surface area contributed by atoms with Crippen molar-refractivity contribution in [1.29, 1.82) is 0 Å². The molecule has 1 aliphatic rings. The zero-order chi connectivity index (χ0) is 14.0. The SMILES string of the molecule is CC(C)(C)C1=CCN(Cc2cc(F)ccc2N)CC1. The highest BCUT2D eigenvalue weighted by atomic mass is 19.1. The van der Waals surface area contributed by atoms with Crippen LogP contribution in [-0.4, -0.2) is 18.0 Å². The van der Waals surface area contributed by atoms with Gasteiger partial charge in [-0.05, 0) is 35.6 Å². The van der Waals surface area contributed by atoms with Crippen LogP contribution in [0.25, 0.3) is 0 Å². The van der Waals surface area contributed by atoms with Gasteiger partial charge in [0, 0.05) is 25.3 Å². The highest BCUT2D eigenvalue weighted by molar-refractivity contribution is 5.46. The van der Waals surface area contributed by atoms with Crippen LogP contribution in [-0.2, 0) is 6.54 Å². The first-order valence-electron chi connectivity index (χ1n) is 6.82. The molecule has 0 unspecified atom stereocenters. The Morgan fingerprint density at radius 1 is 1.32 bits per heavy atom. The lowest BCUT2D eigenvalue weighted by Crippen LogP contribution is -2.31. The van der Waals surface area contributed by atoms with Crippen molar-refractivity contribution in [2.24, 2.45) is 5.41 Å². The van der Waals surface area contributed by atoms with Crippen molar-refractivity contribution in [3.63, 3.8) is 0 Å². The lowest BCUT2D eigenvalue weighted by atomic mass is 9.83. The number of hydrogen-bond donors (Lipinski definition) is 1. The van der Waals surface area contributed by atoms with Crippen LogP contribution in [0.1, 0.15) is 32.8 Å². The van der Waals surface area contributed by atoms with Gasteiger partial charge in [0.1, 0.15) is 5.82 Å². The molecule has 0 aromatic heterocycles. The third-order valence-corrected chi connectivity index (χ3v) is 3.76. The lowest BCUT2D eigenvalue weighted by molar-refractivity contribution is 0.271. The Morgan fingerprint density at radius 3 is 2.63 bits per heavy atom. The Labute approximate surface area is 115 Å². The monoisotopic (exact) mass is 262 g/mol. The van der Waals surface area contributed by atoms with Crippen LogP contribution >= 0.6 is 0 Å². The summed E-state index contributed by atoms with van der Waals surface area (Å²) in [6.45, 7) is 9.40. The van der Waals surface area contributed by atoms with Crippen molar-refractivity contribution in [1.82, 2.24) is 4.90 Å². The number of nitrogen functional groups attached to an aromatic ring is 1. The number of anilines is 1. The number of nitrogens with zero attached hydrogens (tertiary/aromatic N) is 1. The van der Waals surface area contributed by atoms with E-state index in [0.717, 1.165) is 31.6 Å². The molecule has 3 heteroatoms. The molecular formula is C16H23FN2. The molecule has 0 aliphatic carbocycles. The molecule has 2 rings (SSSR count). The molecule has 1 aromatic rings. The summed E-state index contributed by atoms with van der Waals surface area (Å²) in [6, 6.07) is 4.59. The van der Waals surface area contributed by atoms with Crippen molar-refractivity contribution in [2.75, 3.05) is 18.8 Å². The molecule has 19 heavy (non-hydrogen) atoms. The molecule has 104 valence electrons. The summed E-state index contributed by atoms with van der Waals surface area (Å²) in [7, 11) is 0. The van der Waals surface area contributed by atoms with Crippen LogP contribution in [0, 0.1) is 11.2 Å². The van der Waals surface area contributed by atoms with Crippen LogP contribution in [0.4, 0.5) is 10.1 Å². The average molecular weight is 262 g/mol. The molecule has 0 radical (unpaired) electrons. The van der Waals surface area contributed by atoms with Gasteiger partial charge in [-0.2, -0.15) is 0 Å². The van der Waals surface area contributed by atoms with Crippen molar-refractivity contribution in [3.8, 4) is 0 Å². The van der Waals surface area contributed by atoms with E-state index in [2.05, 4.69) is 31.7 Å². The fourth-order valence-electron chi connectivity index (χ4n) is 2.49. The highest BCUT2D eigenvalue weighted by Gasteiger charge is 2.21. The second-order valence-corrected chi connectivity index (χ2v) is 6.31. The van der Waals surface area contributed by atoms with Crippen LogP contribution in [0.2, 0.25) is 0 Å². The van der Waals surface area contributed by atoms with Gasteiger partial charge in [-0.15, -0.1) is 0 Å². The van der Waals surface area contributed by atoms with Crippen LogP contribution < -0.4 is 5.73 Å². The number of halogens is 1. The first-order valence-corrected chi connectivity index (χ1v) is 6.82. The van der Waals surface area contributed by atoms with Gasteiger partial charge in [-0.25, -0.2) is 4.39 Å². The van der Waals surface area contributed by atoms with Crippen molar-refractivity contribution in [3.05, 3.63) is 41.2 Å². The molecule has 0 saturated heterocycles. The molecular weight excluding hydrogens is 239 g/mol. The normalized spacial score (nSPS) is 17.4. The molecule has 2 nitrogen and oxygen atoms in total. The van der Waals surface area contributed by atoms with Gasteiger partial charge >= 0.3 is 0 Å². The third kappa shape index (κ3) is 3.57. The molecule has 1 aromatic carbocycles. The van der Waals surface area contributed by atoms with E-state index in [-0.39, 0.29) is 11.2 Å². The van der Waals surface area contributed by atoms with Crippen LogP contribution in [0.5, 0.6) is 0 Å². The molecule has 0 saturated carbocycles. The molecule has 2 N–H and O–H groups in total. The predicted octanol–water partition coefficient (Wildman–Crippen LogP) is 3.59. The third-order valence-electron chi connectivity index (χ3n) is 3.76. The van der Waals surface area contributed by atoms with Gasteiger partial charge in [0.25, 0.3) is 0 Å². The topological polar surface area (TPSA) is 29.3 Å². The van der Waals surface area contributed by atoms with Gasteiger partial charge in [-0.1, -0.05) is 32.4 Å². The maximum Gasteiger partial charge on any atom is 0.123 e. The van der Waals surface area contributed by atoms with E-state index in [1.54, 1.807) is 12.1 Å². The summed E-state index contributed by atoms with van der Waals surface area (Å²) in [6.07, 6.45) is 3.39. The first-order chi connectivity index (χ1) is 8.86. The van der Waals surface area contributed by atoms with Gasteiger partial charge in [-0.3, -0.25) is 4.90 Å². The molecule has 0 bridgehead atoms. The number of benzene rings is 1. The largest absolute Gasteiger partial charge is 0.398 e. The van der Waals surface area contributed by atoms with E-state index in [9.17, 15) is 4.39 Å². The summed E-state index contributed by atoms with van der Waals surface area (Å²) in [5.74, 6) is -0.216. The van der Waals surface area contributed by atoms with Gasteiger partial charge < -0.3 is 5.73 Å². The molecule has 0 fully saturated rings. The Balaban J connectivity index is 2.03. The van der Waals surface area contributed by atoms with E-state index < -0.39 is 0 Å². The van der Waals surface area contributed by atoms with Crippen LogP contribution in [0.3, 0.4) is 0 Å². The van der Waals surface area contributed by atoms with Crippen LogP contribution in [0.15, 0.2) is 29.8 Å². The number of hydrogen-bond acceptors (Lipinski definition) is 2. The molecule has 0 atom stereocenters. The predicted molar refractivity (Wildman–Crippen MR) is 78.2 cm³/mol. The number of nitrogens with two attached hydrogens (primary N) is 1. The minimum atomic E-state index is -0.216. The minimum Gasteiger partial charge on any atom is -0.398 e. The van der Waals surface area contributed by atoms with E-state index in [0.29, 0.717) is 5.69 Å². The molecule has 0 spiro atoms. The summed E-state index contributed by atoms with van der Waals surface area (Å²) >= 11 is 0. The van der Waals surface area contributed by atoms with E-state index in [1.807, 2.05) is 0 Å². The second-order valence-electron chi connectivity index (χ2n) is 6.31. The standard InChI is InChI=1S/C16H23FN2/c1-16(2,3)13-6-8-19(9-7-13)11-12-10-14(17)4-5-15(12)18/h4-6,10H,7-9,11,18H2,1-3H3. The summed E-state index contributed by atoms with van der Waals surface area (Å²) < 4.78 is 13.2. The summed E-state index contributed by atoms with van der Waals surface area (Å²) in [5.41, 5.74) is 9.21. The van der Waals surface area contributed by atoms with Gasteiger partial charge in [0.05, 0.1) is 0 Å². The zero-order valence-electron chi connectivity index (χ0n) is 12.0. The average Bonchev–Trinajstić information content (AvgIpc) is 2.33. The smallest absolute Gasteiger partial charge is 0.123 e. The van der Waals surface area contributed by atoms with Gasteiger partial charge in [0.15, 0.2) is 0 Å². The van der Waals surface area contributed by atoms with E-state index in [4.69, 9.17) is 5.73 Å². The summed E-state index contributed by atoms with van der Waals surface area (Å²) in [4.78, 5) is 2.31. The van der Waals surface area contributed by atoms with Crippen molar-refractivity contribution < 1.29 is 4.39 Å². The Morgan fingerprint density at radius 2 is 2.05 bits per heavy atom. The van der Waals surface area contributed by atoms with Gasteiger partial charge in [0.2, 0.25) is 0 Å². The van der Waals surface area contributed by atoms with Crippen molar-refractivity contribution >= 4 is 5.69 Å². The van der Waals surface area contributed by atoms with E-state index >= 15 is 0 Å². The summed E-state index contributed by atoms with van der Waals surface area (Å²) in [5, 5.41) is 0. The van der Waals surface area contributed by atoms with Crippen molar-refractivity contribution in [2.45, 2.75) is 33.7 Å². The Kier molecular flexibility index (Phi) is 3.95. The fourth-order valence-corrected chi connectivity index (χ4v) is 2.49. The minimum absolute atomic E-state index is 0.216. The Bertz CT molecular complexity index is 486. The first kappa shape index (κ1) is 14.1. The number of rotatable bonds is 2. The lowest BCUT2D eigenvalue weighted by Gasteiger charge is -2.32. The molecule has 1 heterocycles. The van der Waals surface area contributed by atoms with E-state index in [1.165, 1.54) is 11.6 Å². The quantitative estimate of drug-likeness (QED) is 0.652. The maximum absolute atomic E-state index is 13.2. The molecule has 0 amide bonds. The second kappa shape index (κ2) is 5.33. The molecule has 1 aliphatic heterocycles. The highest BCUT2D eigenvalue weighted by Crippen LogP contribution is 2.30. The Hall–Kier alpha value is -1.35.